The van der Waals surface area contributed by atoms with Gasteiger partial charge in [-0.05, 0) is 77.7 Å². The van der Waals surface area contributed by atoms with Gasteiger partial charge in [-0.25, -0.2) is 9.78 Å². The van der Waals surface area contributed by atoms with Crippen molar-refractivity contribution in [2.24, 2.45) is 5.10 Å². The third kappa shape index (κ3) is 5.35. The van der Waals surface area contributed by atoms with Crippen molar-refractivity contribution < 1.29 is 14.6 Å². The molecule has 0 radical (unpaired) electrons. The van der Waals surface area contributed by atoms with Gasteiger partial charge in [-0.15, -0.1) is 0 Å². The zero-order valence-electron chi connectivity index (χ0n) is 18.0. The number of hydrogen-bond donors (Lipinski definition) is 1. The van der Waals surface area contributed by atoms with Gasteiger partial charge in [0.1, 0.15) is 11.6 Å². The third-order valence-electron chi connectivity index (χ3n) is 5.73. The Morgan fingerprint density at radius 1 is 1.21 bits per heavy atom. The fourth-order valence-corrected chi connectivity index (χ4v) is 4.81. The Balaban J connectivity index is 1.72. The second kappa shape index (κ2) is 10.2. The van der Waals surface area contributed by atoms with E-state index in [0.29, 0.717) is 26.9 Å². The second-order valence-electron chi connectivity index (χ2n) is 8.12. The van der Waals surface area contributed by atoms with E-state index in [1.807, 2.05) is 12.1 Å². The highest BCUT2D eigenvalue weighted by Gasteiger charge is 2.22. The molecule has 0 bridgehead atoms. The molecular formula is C24H23Br2N3O4. The molecule has 0 aliphatic heterocycles. The SMILES string of the molecule is C[C@H](Oc1ccc(C=Nn2c(C3CCCCC3)nc3ccc(Br)cc3c2=O)cc1Br)C(=O)O. The zero-order chi connectivity index (χ0) is 23.5. The molecule has 1 atom stereocenters. The quantitative estimate of drug-likeness (QED) is 0.380. The van der Waals surface area contributed by atoms with Gasteiger partial charge in [0.2, 0.25) is 0 Å². The number of aromatic nitrogens is 2. The molecule has 1 N–H and O–H groups in total. The topological polar surface area (TPSA) is 93.8 Å². The average molecular weight is 577 g/mol. The van der Waals surface area contributed by atoms with Crippen LogP contribution < -0.4 is 10.3 Å². The molecule has 1 saturated carbocycles. The molecule has 172 valence electrons. The number of rotatable bonds is 6. The summed E-state index contributed by atoms with van der Waals surface area (Å²) in [6.07, 6.45) is 6.05. The first kappa shape index (κ1) is 23.6. The molecule has 1 aliphatic rings. The van der Waals surface area contributed by atoms with Gasteiger partial charge < -0.3 is 9.84 Å². The normalized spacial score (nSPS) is 15.7. The number of carbonyl (C=O) groups is 1. The lowest BCUT2D eigenvalue weighted by Gasteiger charge is -2.22. The molecule has 7 nitrogen and oxygen atoms in total. The van der Waals surface area contributed by atoms with Crippen molar-refractivity contribution in [2.45, 2.75) is 51.0 Å². The number of halogens is 2. The van der Waals surface area contributed by atoms with E-state index in [1.54, 1.807) is 30.5 Å². The van der Waals surface area contributed by atoms with Crippen LogP contribution >= 0.6 is 31.9 Å². The van der Waals surface area contributed by atoms with E-state index in [-0.39, 0.29) is 11.5 Å². The Morgan fingerprint density at radius 3 is 2.67 bits per heavy atom. The minimum absolute atomic E-state index is 0.191. The minimum Gasteiger partial charge on any atom is -0.479 e. The molecule has 3 aromatic rings. The number of carboxylic acid groups (broad SMARTS) is 1. The van der Waals surface area contributed by atoms with Crippen molar-refractivity contribution >= 4 is 54.9 Å². The molecule has 1 aromatic heterocycles. The van der Waals surface area contributed by atoms with Crippen LogP contribution in [-0.4, -0.2) is 33.1 Å². The first-order valence-corrected chi connectivity index (χ1v) is 12.4. The number of benzene rings is 2. The molecule has 2 aromatic carbocycles. The van der Waals surface area contributed by atoms with Gasteiger partial charge in [-0.2, -0.15) is 9.78 Å². The zero-order valence-corrected chi connectivity index (χ0v) is 21.2. The fourth-order valence-electron chi connectivity index (χ4n) is 3.96. The molecule has 0 amide bonds. The van der Waals surface area contributed by atoms with E-state index in [4.69, 9.17) is 14.8 Å². The number of fused-ring (bicyclic) bond motifs is 1. The van der Waals surface area contributed by atoms with Crippen LogP contribution in [0.4, 0.5) is 0 Å². The molecule has 0 unspecified atom stereocenters. The van der Waals surface area contributed by atoms with E-state index in [9.17, 15) is 9.59 Å². The predicted molar refractivity (Wildman–Crippen MR) is 134 cm³/mol. The lowest BCUT2D eigenvalue weighted by molar-refractivity contribution is -0.144. The molecule has 1 fully saturated rings. The van der Waals surface area contributed by atoms with Crippen molar-refractivity contribution in [1.82, 2.24) is 9.66 Å². The van der Waals surface area contributed by atoms with Gasteiger partial charge in [0, 0.05) is 10.4 Å². The van der Waals surface area contributed by atoms with Crippen molar-refractivity contribution in [3.8, 4) is 5.75 Å². The fraction of sp³-hybridized carbons (Fsp3) is 0.333. The summed E-state index contributed by atoms with van der Waals surface area (Å²) in [6, 6.07) is 10.7. The van der Waals surface area contributed by atoms with Crippen LogP contribution in [0.25, 0.3) is 10.9 Å². The molecule has 0 spiro atoms. The highest BCUT2D eigenvalue weighted by molar-refractivity contribution is 9.10. The lowest BCUT2D eigenvalue weighted by atomic mass is 9.88. The molecule has 0 saturated heterocycles. The second-order valence-corrected chi connectivity index (χ2v) is 9.89. The highest BCUT2D eigenvalue weighted by atomic mass is 79.9. The highest BCUT2D eigenvalue weighted by Crippen LogP contribution is 2.32. The Hall–Kier alpha value is -2.52. The molecule has 4 rings (SSSR count). The van der Waals surface area contributed by atoms with Crippen LogP contribution in [0.3, 0.4) is 0 Å². The summed E-state index contributed by atoms with van der Waals surface area (Å²) >= 11 is 6.85. The smallest absolute Gasteiger partial charge is 0.344 e. The average Bonchev–Trinajstić information content (AvgIpc) is 2.80. The summed E-state index contributed by atoms with van der Waals surface area (Å²) in [7, 11) is 0. The Morgan fingerprint density at radius 2 is 1.97 bits per heavy atom. The van der Waals surface area contributed by atoms with E-state index >= 15 is 0 Å². The Labute approximate surface area is 207 Å². The van der Waals surface area contributed by atoms with Crippen molar-refractivity contribution in [1.29, 1.82) is 0 Å². The molecule has 9 heteroatoms. The van der Waals surface area contributed by atoms with Gasteiger partial charge in [-0.3, -0.25) is 4.79 Å². The summed E-state index contributed by atoms with van der Waals surface area (Å²) in [4.78, 5) is 29.3. The summed E-state index contributed by atoms with van der Waals surface area (Å²) < 4.78 is 8.27. The number of nitrogens with zero attached hydrogens (tertiary/aromatic N) is 3. The molecule has 1 aliphatic carbocycles. The summed E-state index contributed by atoms with van der Waals surface area (Å²) in [6.45, 7) is 1.47. The maximum atomic E-state index is 13.4. The number of aliphatic carboxylic acids is 1. The van der Waals surface area contributed by atoms with Gasteiger partial charge in [0.05, 0.1) is 21.6 Å². The maximum absolute atomic E-state index is 13.4. The van der Waals surface area contributed by atoms with Crippen LogP contribution in [0.1, 0.15) is 56.3 Å². The van der Waals surface area contributed by atoms with Crippen molar-refractivity contribution in [3.05, 3.63) is 67.1 Å². The predicted octanol–water partition coefficient (Wildman–Crippen LogP) is 5.70. The van der Waals surface area contributed by atoms with Crippen LogP contribution in [-0.2, 0) is 4.79 Å². The van der Waals surface area contributed by atoms with Crippen LogP contribution in [0.5, 0.6) is 5.75 Å². The van der Waals surface area contributed by atoms with Gasteiger partial charge in [-0.1, -0.05) is 35.2 Å². The van der Waals surface area contributed by atoms with Gasteiger partial charge >= 0.3 is 5.97 Å². The lowest BCUT2D eigenvalue weighted by Crippen LogP contribution is -2.25. The maximum Gasteiger partial charge on any atom is 0.344 e. The third-order valence-corrected chi connectivity index (χ3v) is 6.85. The van der Waals surface area contributed by atoms with Crippen LogP contribution in [0.15, 0.2) is 55.2 Å². The monoisotopic (exact) mass is 575 g/mol. The Bertz CT molecular complexity index is 1280. The van der Waals surface area contributed by atoms with Crippen LogP contribution in [0.2, 0.25) is 0 Å². The first-order chi connectivity index (χ1) is 15.8. The summed E-state index contributed by atoms with van der Waals surface area (Å²) in [5.41, 5.74) is 1.20. The minimum atomic E-state index is -1.04. The number of carboxylic acids is 1. The summed E-state index contributed by atoms with van der Waals surface area (Å²) in [5.74, 6) is 0.258. The van der Waals surface area contributed by atoms with E-state index in [1.165, 1.54) is 18.0 Å². The standard InChI is InChI=1S/C24H23Br2N3O4/c1-14(24(31)32)33-21-10-7-15(11-19(21)26)13-27-29-22(16-5-3-2-4-6-16)28-20-9-8-17(25)12-18(20)23(29)30/h7-14,16H,2-6H2,1H3,(H,31,32)/t14-/m0/s1. The summed E-state index contributed by atoms with van der Waals surface area (Å²) in [5, 5.41) is 14.1. The van der Waals surface area contributed by atoms with Crippen molar-refractivity contribution in [2.75, 3.05) is 0 Å². The molecule has 1 heterocycles. The van der Waals surface area contributed by atoms with E-state index < -0.39 is 12.1 Å². The molecular weight excluding hydrogens is 554 g/mol. The largest absolute Gasteiger partial charge is 0.479 e. The first-order valence-electron chi connectivity index (χ1n) is 10.8. The van der Waals surface area contributed by atoms with E-state index in [0.717, 1.165) is 35.7 Å². The van der Waals surface area contributed by atoms with Gasteiger partial charge in [0.15, 0.2) is 6.10 Å². The number of hydrogen-bond acceptors (Lipinski definition) is 5. The number of ether oxygens (including phenoxy) is 1. The molecule has 33 heavy (non-hydrogen) atoms. The van der Waals surface area contributed by atoms with Crippen molar-refractivity contribution in [3.63, 3.8) is 0 Å². The van der Waals surface area contributed by atoms with E-state index in [2.05, 4.69) is 37.0 Å². The van der Waals surface area contributed by atoms with Crippen LogP contribution in [0, 0.1) is 0 Å². The van der Waals surface area contributed by atoms with Gasteiger partial charge in [0.25, 0.3) is 5.56 Å². The Kier molecular flexibility index (Phi) is 7.29.